The summed E-state index contributed by atoms with van der Waals surface area (Å²) in [6.07, 6.45) is 3.61. The topological polar surface area (TPSA) is 60.8 Å². The summed E-state index contributed by atoms with van der Waals surface area (Å²) in [6, 6.07) is 73.1. The van der Waals surface area contributed by atoms with Gasteiger partial charge >= 0.3 is 0 Å². The molecule has 4 aromatic heterocycles. The van der Waals surface area contributed by atoms with Crippen molar-refractivity contribution in [1.29, 1.82) is 0 Å². The van der Waals surface area contributed by atoms with E-state index in [4.69, 9.17) is 14.7 Å². The Bertz CT molecular complexity index is 3520. The predicted molar refractivity (Wildman–Crippen MR) is 257 cm³/mol. The molecule has 5 nitrogen and oxygen atoms in total. The molecule has 0 radical (unpaired) electrons. The van der Waals surface area contributed by atoms with Crippen molar-refractivity contribution in [1.82, 2.24) is 19.9 Å². The van der Waals surface area contributed by atoms with Crippen molar-refractivity contribution in [2.75, 3.05) is 0 Å². The van der Waals surface area contributed by atoms with Crippen LogP contribution in [0.3, 0.4) is 0 Å². The highest BCUT2D eigenvalue weighted by Crippen LogP contribution is 2.63. The Morgan fingerprint density at radius 1 is 0.328 bits per heavy atom. The fraction of sp³-hybridized carbons (Fsp3) is 0.0169. The minimum absolute atomic E-state index is 0.654. The molecule has 11 aromatic rings. The Hall–Kier alpha value is -8.54. The van der Waals surface area contributed by atoms with Crippen LogP contribution in [0, 0.1) is 0 Å². The zero-order valence-corrected chi connectivity index (χ0v) is 34.5. The lowest BCUT2D eigenvalue weighted by atomic mass is 9.65. The molecule has 1 aliphatic carbocycles. The number of ether oxygens (including phenoxy) is 1. The van der Waals surface area contributed by atoms with Crippen LogP contribution in [0.25, 0.3) is 89.1 Å². The summed E-state index contributed by atoms with van der Waals surface area (Å²) in [5.41, 5.74) is 17.2. The van der Waals surface area contributed by atoms with Crippen molar-refractivity contribution >= 4 is 21.7 Å². The van der Waals surface area contributed by atoms with Gasteiger partial charge < -0.3 is 4.74 Å². The minimum atomic E-state index is -0.654. The van der Waals surface area contributed by atoms with Crippen molar-refractivity contribution in [3.8, 4) is 78.9 Å². The fourth-order valence-electron chi connectivity index (χ4n) is 10.2. The normalized spacial score (nSPS) is 12.9. The third-order valence-corrected chi connectivity index (χ3v) is 13.0. The second-order valence-corrected chi connectivity index (χ2v) is 16.5. The summed E-state index contributed by atoms with van der Waals surface area (Å²) in [4.78, 5) is 19.6. The predicted octanol–water partition coefficient (Wildman–Crippen LogP) is 14.4. The van der Waals surface area contributed by atoms with Gasteiger partial charge in [-0.1, -0.05) is 133 Å². The second-order valence-electron chi connectivity index (χ2n) is 16.5. The van der Waals surface area contributed by atoms with E-state index in [2.05, 4.69) is 180 Å². The Balaban J connectivity index is 1.02. The SMILES string of the molecule is c1ccc(-c2nc3ccccc3c3cc4c(cc23)-c2ccc(-c3ccc(-c5cc(-c6ccccn6)nc(-c6ccccn6)c5)cc3)cc2C42c3ccccc3Oc3ccccc32)cc1. The van der Waals surface area contributed by atoms with Crippen LogP contribution in [-0.4, -0.2) is 19.9 Å². The maximum absolute atomic E-state index is 6.75. The van der Waals surface area contributed by atoms with Crippen molar-refractivity contribution in [3.63, 3.8) is 0 Å². The van der Waals surface area contributed by atoms with Crippen LogP contribution in [0.2, 0.25) is 0 Å². The third-order valence-electron chi connectivity index (χ3n) is 13.0. The molecule has 1 aliphatic heterocycles. The number of benzene rings is 7. The highest BCUT2D eigenvalue weighted by atomic mass is 16.5. The molecular weight excluding hydrogens is 781 g/mol. The van der Waals surface area contributed by atoms with E-state index in [0.717, 1.165) is 95.2 Å². The maximum atomic E-state index is 6.75. The van der Waals surface area contributed by atoms with E-state index < -0.39 is 5.41 Å². The molecule has 64 heavy (non-hydrogen) atoms. The molecule has 0 saturated carbocycles. The van der Waals surface area contributed by atoms with Gasteiger partial charge in [0, 0.05) is 39.9 Å². The molecule has 0 saturated heterocycles. The maximum Gasteiger partial charge on any atom is 0.132 e. The standard InChI is InChI=1S/C59H36N4O/c1-2-14-39(15-3-1)58-46-35-45-42-29-28-40(37-24-26-38(27-25-37)41-33-54(52-20-10-12-30-60-52)62-55(34-41)53-21-11-13-31-61-53)32-49(42)59(50(45)36-44(46)43-16-4-7-19-51(43)63-58)47-17-5-8-22-56(47)64-57-23-9-6-18-48(57)59/h1-36H. The molecule has 7 aromatic carbocycles. The summed E-state index contributed by atoms with van der Waals surface area (Å²) in [6.45, 7) is 0. The van der Waals surface area contributed by atoms with Gasteiger partial charge in [-0.2, -0.15) is 0 Å². The third kappa shape index (κ3) is 5.51. The first-order valence-electron chi connectivity index (χ1n) is 21.6. The van der Waals surface area contributed by atoms with Gasteiger partial charge in [-0.25, -0.2) is 9.97 Å². The van der Waals surface area contributed by atoms with Crippen LogP contribution < -0.4 is 4.74 Å². The van der Waals surface area contributed by atoms with Gasteiger partial charge in [0.15, 0.2) is 0 Å². The molecule has 5 heterocycles. The molecule has 0 fully saturated rings. The van der Waals surface area contributed by atoms with Gasteiger partial charge in [-0.05, 0) is 123 Å². The van der Waals surface area contributed by atoms with E-state index in [1.807, 2.05) is 36.4 Å². The zero-order chi connectivity index (χ0) is 42.2. The van der Waals surface area contributed by atoms with Gasteiger partial charge in [-0.3, -0.25) is 9.97 Å². The van der Waals surface area contributed by atoms with Crippen molar-refractivity contribution in [2.45, 2.75) is 5.41 Å². The summed E-state index contributed by atoms with van der Waals surface area (Å²) in [5, 5.41) is 3.45. The number of nitrogens with zero attached hydrogens (tertiary/aromatic N) is 4. The Morgan fingerprint density at radius 2 is 0.906 bits per heavy atom. The molecule has 13 rings (SSSR count). The molecule has 1 spiro atoms. The summed E-state index contributed by atoms with van der Waals surface area (Å²) >= 11 is 0. The number of aromatic nitrogens is 4. The lowest BCUT2D eigenvalue weighted by Gasteiger charge is -2.39. The van der Waals surface area contributed by atoms with Crippen LogP contribution >= 0.6 is 0 Å². The van der Waals surface area contributed by atoms with Crippen LogP contribution in [-0.2, 0) is 5.41 Å². The summed E-state index contributed by atoms with van der Waals surface area (Å²) in [5.74, 6) is 1.74. The fourth-order valence-corrected chi connectivity index (χ4v) is 10.2. The first kappa shape index (κ1) is 36.1. The molecule has 0 atom stereocenters. The molecule has 0 amide bonds. The van der Waals surface area contributed by atoms with Crippen LogP contribution in [0.4, 0.5) is 0 Å². The van der Waals surface area contributed by atoms with Crippen LogP contribution in [0.15, 0.2) is 219 Å². The minimum Gasteiger partial charge on any atom is -0.457 e. The van der Waals surface area contributed by atoms with Crippen molar-refractivity contribution < 1.29 is 4.74 Å². The molecule has 5 heteroatoms. The Morgan fingerprint density at radius 3 is 1.58 bits per heavy atom. The van der Waals surface area contributed by atoms with E-state index in [-0.39, 0.29) is 0 Å². The highest BCUT2D eigenvalue weighted by Gasteiger charge is 2.51. The smallest absolute Gasteiger partial charge is 0.132 e. The van der Waals surface area contributed by atoms with Crippen molar-refractivity contribution in [2.24, 2.45) is 0 Å². The highest BCUT2D eigenvalue weighted by molar-refractivity contribution is 6.13. The number of pyridine rings is 4. The molecule has 0 unspecified atom stereocenters. The Kier molecular flexibility index (Phi) is 8.06. The lowest BCUT2D eigenvalue weighted by molar-refractivity contribution is 0.436. The van der Waals surface area contributed by atoms with Crippen LogP contribution in [0.5, 0.6) is 11.5 Å². The average molecular weight is 817 g/mol. The summed E-state index contributed by atoms with van der Waals surface area (Å²) in [7, 11) is 0. The van der Waals surface area contributed by atoms with Crippen molar-refractivity contribution in [3.05, 3.63) is 241 Å². The van der Waals surface area contributed by atoms with Gasteiger partial charge in [-0.15, -0.1) is 0 Å². The van der Waals surface area contributed by atoms with E-state index in [0.29, 0.717) is 0 Å². The monoisotopic (exact) mass is 816 g/mol. The van der Waals surface area contributed by atoms with Gasteiger partial charge in [0.05, 0.1) is 39.4 Å². The Labute approximate surface area is 370 Å². The van der Waals surface area contributed by atoms with E-state index in [1.165, 1.54) is 27.6 Å². The van der Waals surface area contributed by atoms with Gasteiger partial charge in [0.1, 0.15) is 11.5 Å². The molecule has 0 bridgehead atoms. The van der Waals surface area contributed by atoms with E-state index in [9.17, 15) is 0 Å². The zero-order valence-electron chi connectivity index (χ0n) is 34.5. The van der Waals surface area contributed by atoms with Gasteiger partial charge in [0.25, 0.3) is 0 Å². The second kappa shape index (κ2) is 14.3. The number of hydrogen-bond donors (Lipinski definition) is 0. The number of fused-ring (bicyclic) bond motifs is 12. The first-order chi connectivity index (χ1) is 31.7. The quantitative estimate of drug-likeness (QED) is 0.162. The number of hydrogen-bond acceptors (Lipinski definition) is 5. The lowest BCUT2D eigenvalue weighted by Crippen LogP contribution is -2.32. The molecular formula is C59H36N4O. The molecule has 2 aliphatic rings. The molecule has 298 valence electrons. The largest absolute Gasteiger partial charge is 0.457 e. The number of para-hydroxylation sites is 3. The average Bonchev–Trinajstić information content (AvgIpc) is 3.65. The van der Waals surface area contributed by atoms with Crippen LogP contribution in [0.1, 0.15) is 22.3 Å². The molecule has 0 N–H and O–H groups in total. The number of rotatable bonds is 5. The van der Waals surface area contributed by atoms with E-state index >= 15 is 0 Å². The van der Waals surface area contributed by atoms with E-state index in [1.54, 1.807) is 12.4 Å². The summed E-state index contributed by atoms with van der Waals surface area (Å²) < 4.78 is 6.75. The first-order valence-corrected chi connectivity index (χ1v) is 21.6. The van der Waals surface area contributed by atoms with Gasteiger partial charge in [0.2, 0.25) is 0 Å².